The molecule has 1 aromatic carbocycles. The second-order valence-electron chi connectivity index (χ2n) is 6.35. The van der Waals surface area contributed by atoms with Gasteiger partial charge in [-0.25, -0.2) is 4.98 Å². The Morgan fingerprint density at radius 1 is 1.29 bits per heavy atom. The molecule has 3 heterocycles. The third-order valence-corrected chi connectivity index (χ3v) is 5.84. The van der Waals surface area contributed by atoms with Gasteiger partial charge in [0.25, 0.3) is 5.91 Å². The van der Waals surface area contributed by atoms with Crippen LogP contribution in [0.3, 0.4) is 0 Å². The van der Waals surface area contributed by atoms with Crippen LogP contribution in [-0.2, 0) is 4.74 Å². The lowest BCUT2D eigenvalue weighted by atomic mass is 10.1. The molecule has 2 aliphatic heterocycles. The molecule has 1 amide bonds. The first-order valence-electron chi connectivity index (χ1n) is 8.53. The number of thioether (sulfide) groups is 1. The van der Waals surface area contributed by atoms with Crippen LogP contribution < -0.4 is 0 Å². The second kappa shape index (κ2) is 7.07. The molecule has 2 aliphatic rings. The fourth-order valence-corrected chi connectivity index (χ4v) is 4.60. The molecule has 24 heavy (non-hydrogen) atoms. The fraction of sp³-hybridized carbons (Fsp3) is 0.500. The van der Waals surface area contributed by atoms with E-state index in [0.717, 1.165) is 48.4 Å². The number of carbonyl (C=O) groups is 1. The summed E-state index contributed by atoms with van der Waals surface area (Å²) >= 11 is 1.91. The third kappa shape index (κ3) is 3.26. The van der Waals surface area contributed by atoms with Crippen molar-refractivity contribution in [2.75, 3.05) is 24.7 Å². The smallest absolute Gasteiger partial charge is 0.274 e. The molecular formula is C18H21N3O2S. The third-order valence-electron chi connectivity index (χ3n) is 4.70. The van der Waals surface area contributed by atoms with Gasteiger partial charge in [0.05, 0.1) is 23.3 Å². The first-order chi connectivity index (χ1) is 11.8. The Hall–Kier alpha value is -1.66. The number of hydrogen-bond acceptors (Lipinski definition) is 5. The van der Waals surface area contributed by atoms with Crippen LogP contribution in [0.1, 0.15) is 29.8 Å². The Kier molecular flexibility index (Phi) is 4.67. The van der Waals surface area contributed by atoms with Crippen molar-refractivity contribution in [3.8, 4) is 0 Å². The molecule has 0 N–H and O–H groups in total. The Labute approximate surface area is 145 Å². The summed E-state index contributed by atoms with van der Waals surface area (Å²) in [6, 6.07) is 7.93. The number of nitrogens with zero attached hydrogens (tertiary/aromatic N) is 3. The lowest BCUT2D eigenvalue weighted by Gasteiger charge is -2.30. The van der Waals surface area contributed by atoms with Gasteiger partial charge in [0, 0.05) is 24.9 Å². The van der Waals surface area contributed by atoms with Crippen molar-refractivity contribution >= 4 is 28.7 Å². The zero-order chi connectivity index (χ0) is 16.4. The van der Waals surface area contributed by atoms with Crippen LogP contribution >= 0.6 is 11.8 Å². The van der Waals surface area contributed by atoms with E-state index in [0.29, 0.717) is 12.2 Å². The van der Waals surface area contributed by atoms with Gasteiger partial charge >= 0.3 is 0 Å². The highest BCUT2D eigenvalue weighted by Crippen LogP contribution is 2.26. The number of para-hydroxylation sites is 2. The van der Waals surface area contributed by atoms with Gasteiger partial charge in [0.2, 0.25) is 0 Å². The molecule has 5 nitrogen and oxygen atoms in total. The minimum absolute atomic E-state index is 0.0174. The summed E-state index contributed by atoms with van der Waals surface area (Å²) in [6.07, 6.45) is 4.93. The van der Waals surface area contributed by atoms with E-state index in [4.69, 9.17) is 4.74 Å². The molecule has 0 bridgehead atoms. The number of ether oxygens (including phenoxy) is 1. The topological polar surface area (TPSA) is 55.3 Å². The first kappa shape index (κ1) is 15.8. The summed E-state index contributed by atoms with van der Waals surface area (Å²) in [4.78, 5) is 24.0. The van der Waals surface area contributed by atoms with Gasteiger partial charge in [-0.3, -0.25) is 9.78 Å². The van der Waals surface area contributed by atoms with Crippen molar-refractivity contribution < 1.29 is 9.53 Å². The van der Waals surface area contributed by atoms with Crippen LogP contribution in [0, 0.1) is 0 Å². The summed E-state index contributed by atoms with van der Waals surface area (Å²) in [5.41, 5.74) is 2.01. The number of benzene rings is 1. The molecule has 0 radical (unpaired) electrons. The van der Waals surface area contributed by atoms with Crippen molar-refractivity contribution in [1.29, 1.82) is 0 Å². The average Bonchev–Trinajstić information content (AvgIpc) is 3.32. The molecule has 6 heteroatoms. The lowest BCUT2D eigenvalue weighted by Crippen LogP contribution is -2.45. The standard InChI is InChI=1S/C18H21N3O2S/c22-18(17-10-19-15-5-1-2-6-16(15)20-17)21(13-7-9-24-12-13)11-14-4-3-8-23-14/h1-2,5-6,10,13-14H,3-4,7-9,11-12H2/t13-,14-/m0/s1. The minimum atomic E-state index is -0.0174. The van der Waals surface area contributed by atoms with E-state index in [-0.39, 0.29) is 18.1 Å². The van der Waals surface area contributed by atoms with Crippen molar-refractivity contribution in [1.82, 2.24) is 14.9 Å². The largest absolute Gasteiger partial charge is 0.376 e. The average molecular weight is 343 g/mol. The van der Waals surface area contributed by atoms with E-state index < -0.39 is 0 Å². The molecule has 2 saturated heterocycles. The summed E-state index contributed by atoms with van der Waals surface area (Å²) in [6.45, 7) is 1.47. The summed E-state index contributed by atoms with van der Waals surface area (Å²) in [7, 11) is 0. The molecule has 0 spiro atoms. The second-order valence-corrected chi connectivity index (χ2v) is 7.50. The molecule has 2 aromatic rings. The number of aromatic nitrogens is 2. The summed E-state index contributed by atoms with van der Waals surface area (Å²) in [5, 5.41) is 0. The molecule has 0 aliphatic carbocycles. The van der Waals surface area contributed by atoms with Crippen LogP contribution in [-0.4, -0.2) is 57.6 Å². The van der Waals surface area contributed by atoms with Crippen LogP contribution in [0.25, 0.3) is 11.0 Å². The van der Waals surface area contributed by atoms with Gasteiger partial charge in [-0.15, -0.1) is 0 Å². The first-order valence-corrected chi connectivity index (χ1v) is 9.69. The monoisotopic (exact) mass is 343 g/mol. The minimum Gasteiger partial charge on any atom is -0.376 e. The number of carbonyl (C=O) groups excluding carboxylic acids is 1. The van der Waals surface area contributed by atoms with E-state index in [1.165, 1.54) is 0 Å². The maximum absolute atomic E-state index is 13.1. The normalized spacial score (nSPS) is 23.7. The highest BCUT2D eigenvalue weighted by Gasteiger charge is 2.32. The van der Waals surface area contributed by atoms with Crippen LogP contribution in [0.5, 0.6) is 0 Å². The predicted octanol–water partition coefficient (Wildman–Crippen LogP) is 2.76. The maximum Gasteiger partial charge on any atom is 0.274 e. The van der Waals surface area contributed by atoms with Gasteiger partial charge in [-0.2, -0.15) is 11.8 Å². The van der Waals surface area contributed by atoms with Gasteiger partial charge in [0.15, 0.2) is 0 Å². The Balaban J connectivity index is 1.60. The van der Waals surface area contributed by atoms with Crippen LogP contribution in [0.15, 0.2) is 30.5 Å². The summed E-state index contributed by atoms with van der Waals surface area (Å²) < 4.78 is 5.76. The molecule has 0 saturated carbocycles. The van der Waals surface area contributed by atoms with E-state index in [9.17, 15) is 4.79 Å². The molecule has 2 fully saturated rings. The number of rotatable bonds is 4. The van der Waals surface area contributed by atoms with E-state index >= 15 is 0 Å². The zero-order valence-electron chi connectivity index (χ0n) is 13.6. The van der Waals surface area contributed by atoms with E-state index in [2.05, 4.69) is 9.97 Å². The van der Waals surface area contributed by atoms with Crippen molar-refractivity contribution in [2.24, 2.45) is 0 Å². The molecule has 0 unspecified atom stereocenters. The van der Waals surface area contributed by atoms with Gasteiger partial charge in [-0.1, -0.05) is 12.1 Å². The van der Waals surface area contributed by atoms with Crippen molar-refractivity contribution in [3.63, 3.8) is 0 Å². The Morgan fingerprint density at radius 2 is 2.17 bits per heavy atom. The van der Waals surface area contributed by atoms with E-state index in [1.807, 2.05) is 40.9 Å². The van der Waals surface area contributed by atoms with Gasteiger partial charge in [-0.05, 0) is 37.1 Å². The number of fused-ring (bicyclic) bond motifs is 1. The summed E-state index contributed by atoms with van der Waals surface area (Å²) in [5.74, 6) is 2.10. The van der Waals surface area contributed by atoms with Crippen LogP contribution in [0.4, 0.5) is 0 Å². The SMILES string of the molecule is O=C(c1cnc2ccccc2n1)N(C[C@@H]1CCCO1)[C@H]1CCSC1. The lowest BCUT2D eigenvalue weighted by molar-refractivity contribution is 0.0437. The van der Waals surface area contributed by atoms with Crippen molar-refractivity contribution in [2.45, 2.75) is 31.4 Å². The number of amides is 1. The van der Waals surface area contributed by atoms with Gasteiger partial charge < -0.3 is 9.64 Å². The molecule has 4 rings (SSSR count). The molecule has 1 aromatic heterocycles. The Morgan fingerprint density at radius 3 is 2.92 bits per heavy atom. The van der Waals surface area contributed by atoms with Gasteiger partial charge in [0.1, 0.15) is 5.69 Å². The fourth-order valence-electron chi connectivity index (χ4n) is 3.38. The maximum atomic E-state index is 13.1. The number of hydrogen-bond donors (Lipinski definition) is 0. The van der Waals surface area contributed by atoms with Crippen LogP contribution in [0.2, 0.25) is 0 Å². The zero-order valence-corrected chi connectivity index (χ0v) is 14.4. The van der Waals surface area contributed by atoms with E-state index in [1.54, 1.807) is 6.20 Å². The molecule has 126 valence electrons. The quantitative estimate of drug-likeness (QED) is 0.854. The Bertz CT molecular complexity index is 727. The van der Waals surface area contributed by atoms with Crippen molar-refractivity contribution in [3.05, 3.63) is 36.2 Å². The highest BCUT2D eigenvalue weighted by atomic mass is 32.2. The highest BCUT2D eigenvalue weighted by molar-refractivity contribution is 7.99. The molecule has 2 atom stereocenters. The molecular weight excluding hydrogens is 322 g/mol. The predicted molar refractivity (Wildman–Crippen MR) is 95.3 cm³/mol.